The van der Waals surface area contributed by atoms with E-state index < -0.39 is 18.4 Å². The van der Waals surface area contributed by atoms with Crippen LogP contribution in [0.15, 0.2) is 53.8 Å². The average Bonchev–Trinajstić information content (AvgIpc) is 3.69. The van der Waals surface area contributed by atoms with Crippen molar-refractivity contribution in [1.29, 1.82) is 0 Å². The summed E-state index contributed by atoms with van der Waals surface area (Å²) < 4.78 is 14.0. The van der Waals surface area contributed by atoms with Crippen LogP contribution in [-0.2, 0) is 9.53 Å². The largest absolute Gasteiger partial charge is 0.464 e. The summed E-state index contributed by atoms with van der Waals surface area (Å²) in [4.78, 5) is 37.3. The molecule has 50 heavy (non-hydrogen) atoms. The smallest absolute Gasteiger partial charge is 0.407 e. The molecule has 2 aromatic heterocycles. The molecule has 2 atom stereocenters. The molecule has 0 radical (unpaired) electrons. The van der Waals surface area contributed by atoms with E-state index in [-0.39, 0.29) is 11.8 Å². The minimum absolute atomic E-state index is 0.109. The summed E-state index contributed by atoms with van der Waals surface area (Å²) in [5.74, 6) is 1.04. The lowest BCUT2D eigenvalue weighted by atomic mass is 9.86. The van der Waals surface area contributed by atoms with Crippen molar-refractivity contribution in [3.8, 4) is 17.0 Å². The lowest BCUT2D eigenvalue weighted by Crippen LogP contribution is -2.52. The molecule has 0 spiro atoms. The van der Waals surface area contributed by atoms with Gasteiger partial charge in [-0.25, -0.2) is 9.78 Å². The maximum absolute atomic E-state index is 13.5. The molecule has 3 heterocycles. The highest BCUT2D eigenvalue weighted by Crippen LogP contribution is 2.48. The first-order valence-corrected chi connectivity index (χ1v) is 18.4. The van der Waals surface area contributed by atoms with E-state index >= 15 is 0 Å². The summed E-state index contributed by atoms with van der Waals surface area (Å²) in [7, 11) is 1.29. The summed E-state index contributed by atoms with van der Waals surface area (Å²) >= 11 is 8.18. The summed E-state index contributed by atoms with van der Waals surface area (Å²) in [6.45, 7) is 13.1. The molecule has 2 unspecified atom stereocenters. The Bertz CT molecular complexity index is 1930. The molecule has 2 N–H and O–H groups in total. The fraction of sp³-hybridized carbons (Fsp3) is 0.421. The number of thiazole rings is 1. The Kier molecular flexibility index (Phi) is 10.8. The summed E-state index contributed by atoms with van der Waals surface area (Å²) in [5, 5.41) is 9.10. The topological polar surface area (TPSA) is 110 Å². The van der Waals surface area contributed by atoms with E-state index in [1.165, 1.54) is 31.4 Å². The molecule has 2 aromatic carbocycles. The Labute approximate surface area is 302 Å². The zero-order valence-corrected chi connectivity index (χ0v) is 30.9. The van der Waals surface area contributed by atoms with E-state index in [9.17, 15) is 9.59 Å². The summed E-state index contributed by atoms with van der Waals surface area (Å²) in [5.41, 5.74) is 5.81. The number of nitrogens with zero attached hydrogens (tertiary/aromatic N) is 4. The minimum Gasteiger partial charge on any atom is -0.464 e. The van der Waals surface area contributed by atoms with Crippen molar-refractivity contribution >= 4 is 58.3 Å². The van der Waals surface area contributed by atoms with Gasteiger partial charge < -0.3 is 25.0 Å². The average molecular weight is 717 g/mol. The molecular formula is C38H45ClN6O4S. The van der Waals surface area contributed by atoms with E-state index in [1.54, 1.807) is 22.4 Å². The second-order valence-electron chi connectivity index (χ2n) is 13.3. The molecule has 2 amide bonds. The lowest BCUT2D eigenvalue weighted by molar-refractivity contribution is -0.134. The van der Waals surface area contributed by atoms with Gasteiger partial charge in [-0.05, 0) is 80.8 Å². The number of aryl methyl sites for hydroxylation is 1. The van der Waals surface area contributed by atoms with E-state index in [0.717, 1.165) is 56.0 Å². The fourth-order valence-corrected chi connectivity index (χ4v) is 8.03. The first kappa shape index (κ1) is 35.5. The molecule has 4 aromatic rings. The highest BCUT2D eigenvalue weighted by molar-refractivity contribution is 7.11. The van der Waals surface area contributed by atoms with Crippen molar-refractivity contribution in [1.82, 2.24) is 25.1 Å². The van der Waals surface area contributed by atoms with E-state index in [4.69, 9.17) is 26.1 Å². The van der Waals surface area contributed by atoms with Crippen molar-refractivity contribution in [2.45, 2.75) is 71.6 Å². The number of aromatic nitrogens is 2. The predicted octanol–water partition coefficient (Wildman–Crippen LogP) is 8.14. The van der Waals surface area contributed by atoms with Gasteiger partial charge in [-0.15, -0.1) is 11.3 Å². The molecule has 12 heteroatoms. The molecule has 1 aliphatic heterocycles. The number of alkyl carbamates (subject to hydrolysis) is 1. The van der Waals surface area contributed by atoms with Gasteiger partial charge in [-0.1, -0.05) is 38.8 Å². The third kappa shape index (κ3) is 7.11. The highest BCUT2D eigenvalue weighted by Gasteiger charge is 2.34. The number of nitrogens with one attached hydrogen (secondary N) is 2. The Balaban J connectivity index is 1.29. The van der Waals surface area contributed by atoms with Gasteiger partial charge in [0.1, 0.15) is 11.8 Å². The molecule has 1 fully saturated rings. The SMILES string of the molecule is C=N/C=C(\NCCN(CCC)C(=O)C(NC(=O)OC)C(C)C)c1cc(C)c2c(c1)OC(c1cnc(C3CCC3)s1)n1c-2cc2cc(Cl)ccc21. The van der Waals surface area contributed by atoms with Crippen LogP contribution in [0.25, 0.3) is 27.9 Å². The van der Waals surface area contributed by atoms with Crippen LogP contribution >= 0.6 is 22.9 Å². The normalized spacial score (nSPS) is 16.2. The highest BCUT2D eigenvalue weighted by atomic mass is 35.5. The number of carbonyl (C=O) groups is 2. The van der Waals surface area contributed by atoms with Crippen LogP contribution in [0.1, 0.15) is 79.6 Å². The van der Waals surface area contributed by atoms with Crippen LogP contribution < -0.4 is 15.4 Å². The molecule has 264 valence electrons. The third-order valence-corrected chi connectivity index (χ3v) is 10.9. The number of halogens is 1. The van der Waals surface area contributed by atoms with Crippen LogP contribution in [0.2, 0.25) is 5.02 Å². The molecule has 0 bridgehead atoms. The molecular weight excluding hydrogens is 672 g/mol. The summed E-state index contributed by atoms with van der Waals surface area (Å²) in [6, 6.07) is 11.6. The zero-order valence-electron chi connectivity index (χ0n) is 29.3. The van der Waals surface area contributed by atoms with Gasteiger partial charge in [0.15, 0.2) is 0 Å². The van der Waals surface area contributed by atoms with E-state index in [2.05, 4.69) is 52.0 Å². The van der Waals surface area contributed by atoms with Crippen molar-refractivity contribution in [2.24, 2.45) is 10.9 Å². The van der Waals surface area contributed by atoms with Gasteiger partial charge in [-0.3, -0.25) is 14.4 Å². The van der Waals surface area contributed by atoms with Gasteiger partial charge in [0, 0.05) is 59.5 Å². The minimum atomic E-state index is -0.692. The number of fused-ring (bicyclic) bond motifs is 5. The number of carbonyl (C=O) groups excluding carboxylic acids is 2. The fourth-order valence-electron chi connectivity index (χ4n) is 6.74. The molecule has 1 saturated carbocycles. The Morgan fingerprint density at radius 1 is 1.24 bits per heavy atom. The molecule has 6 rings (SSSR count). The Hall–Kier alpha value is -4.35. The number of ether oxygens (including phenoxy) is 2. The van der Waals surface area contributed by atoms with Crippen LogP contribution in [0.3, 0.4) is 0 Å². The molecule has 10 nitrogen and oxygen atoms in total. The first-order valence-electron chi connectivity index (χ1n) is 17.2. The standard InChI is InChI=1S/C38H45ClN6O4S/c1-7-14-44(36(46)34(22(2)3)43-38(47)48-6)15-13-41-28(20-40-5)25-16-23(4)33-30-18-26-17-27(39)11-12-29(26)45(30)37(49-31(33)19-25)32-21-42-35(50-32)24-9-8-10-24/h11-12,16-22,24,34,37,41H,5,7-10,13-15H2,1-4,6H3,(H,43,47)/b28-20-. The monoisotopic (exact) mass is 716 g/mol. The Morgan fingerprint density at radius 3 is 2.72 bits per heavy atom. The maximum Gasteiger partial charge on any atom is 0.407 e. The number of aliphatic imine (C=N–C) groups is 1. The van der Waals surface area contributed by atoms with Crippen LogP contribution in [-0.4, -0.2) is 66.0 Å². The molecule has 0 saturated heterocycles. The second kappa shape index (κ2) is 15.3. The molecule has 2 aliphatic rings. The Morgan fingerprint density at radius 2 is 2.04 bits per heavy atom. The van der Waals surface area contributed by atoms with E-state index in [1.807, 2.05) is 45.2 Å². The van der Waals surface area contributed by atoms with E-state index in [0.29, 0.717) is 30.6 Å². The zero-order chi connectivity index (χ0) is 35.5. The second-order valence-corrected chi connectivity index (χ2v) is 14.8. The van der Waals surface area contributed by atoms with Crippen molar-refractivity contribution in [3.63, 3.8) is 0 Å². The molecule has 1 aliphatic carbocycles. The maximum atomic E-state index is 13.5. The van der Waals surface area contributed by atoms with Gasteiger partial charge in [-0.2, -0.15) is 0 Å². The third-order valence-electron chi connectivity index (χ3n) is 9.49. The van der Waals surface area contributed by atoms with Crippen molar-refractivity contribution in [2.75, 3.05) is 26.7 Å². The van der Waals surface area contributed by atoms with Crippen molar-refractivity contribution in [3.05, 3.63) is 74.8 Å². The lowest BCUT2D eigenvalue weighted by Gasteiger charge is -2.31. The number of benzene rings is 2. The van der Waals surface area contributed by atoms with Gasteiger partial charge in [0.05, 0.1) is 33.9 Å². The van der Waals surface area contributed by atoms with Crippen LogP contribution in [0.4, 0.5) is 4.79 Å². The van der Waals surface area contributed by atoms with Gasteiger partial charge in [0.25, 0.3) is 0 Å². The van der Waals surface area contributed by atoms with Gasteiger partial charge in [0.2, 0.25) is 12.1 Å². The number of hydrogen-bond acceptors (Lipinski definition) is 8. The summed E-state index contributed by atoms with van der Waals surface area (Å²) in [6.07, 6.45) is 7.05. The first-order chi connectivity index (χ1) is 24.1. The number of methoxy groups -OCH3 is 1. The number of rotatable bonds is 13. The van der Waals surface area contributed by atoms with Crippen LogP contribution in [0, 0.1) is 12.8 Å². The quantitative estimate of drug-likeness (QED) is 0.135. The number of amides is 2. The number of hydrogen-bond donors (Lipinski definition) is 2. The van der Waals surface area contributed by atoms with Crippen molar-refractivity contribution < 1.29 is 19.1 Å². The van der Waals surface area contributed by atoms with Gasteiger partial charge >= 0.3 is 6.09 Å². The predicted molar refractivity (Wildman–Crippen MR) is 201 cm³/mol. The van der Waals surface area contributed by atoms with Crippen LogP contribution in [0.5, 0.6) is 5.75 Å².